The first-order valence-corrected chi connectivity index (χ1v) is 9.60. The van der Waals surface area contributed by atoms with Gasteiger partial charge in [0.15, 0.2) is 0 Å². The van der Waals surface area contributed by atoms with E-state index in [1.807, 2.05) is 4.90 Å². The van der Waals surface area contributed by atoms with Crippen molar-refractivity contribution < 1.29 is 37.0 Å². The van der Waals surface area contributed by atoms with Crippen molar-refractivity contribution >= 4 is 11.9 Å². The highest BCUT2D eigenvalue weighted by atomic mass is 19.4. The second-order valence-electron chi connectivity index (χ2n) is 8.02. The molecule has 0 aliphatic carbocycles. The molecule has 1 aromatic rings. The zero-order valence-electron chi connectivity index (χ0n) is 16.0. The van der Waals surface area contributed by atoms with Gasteiger partial charge in [0.1, 0.15) is 6.26 Å². The standard InChI is InChI=1S/C17H24N2O3.C2HF3O2/c20-16(15-3-8-22-10-15)19-5-4-17(13-19)11-18(12-17)9-14-1-6-21-7-2-14;3-2(4,5)1(6)7/h3,8,10,14H,1-2,4-7,9,11-13H2;(H,6,7). The summed E-state index contributed by atoms with van der Waals surface area (Å²) in [6.07, 6.45) is 1.58. The van der Waals surface area contributed by atoms with Crippen LogP contribution in [0.4, 0.5) is 13.2 Å². The number of carbonyl (C=O) groups is 2. The van der Waals surface area contributed by atoms with Crippen molar-refractivity contribution in [3.63, 3.8) is 0 Å². The number of rotatable bonds is 3. The lowest BCUT2D eigenvalue weighted by atomic mass is 9.78. The van der Waals surface area contributed by atoms with Crippen molar-refractivity contribution in [2.45, 2.75) is 25.4 Å². The average molecular weight is 418 g/mol. The van der Waals surface area contributed by atoms with Gasteiger partial charge in [0.05, 0.1) is 11.8 Å². The number of carboxylic acid groups (broad SMARTS) is 1. The minimum Gasteiger partial charge on any atom is -0.475 e. The van der Waals surface area contributed by atoms with Crippen LogP contribution in [-0.4, -0.2) is 78.9 Å². The zero-order chi connectivity index (χ0) is 21.1. The number of hydrogen-bond acceptors (Lipinski definition) is 5. The minimum absolute atomic E-state index is 0.119. The monoisotopic (exact) mass is 418 g/mol. The lowest BCUT2D eigenvalue weighted by molar-refractivity contribution is -0.192. The molecule has 0 aromatic carbocycles. The fourth-order valence-corrected chi connectivity index (χ4v) is 4.26. The van der Waals surface area contributed by atoms with Gasteiger partial charge in [-0.15, -0.1) is 0 Å². The van der Waals surface area contributed by atoms with Gasteiger partial charge >= 0.3 is 12.1 Å². The van der Waals surface area contributed by atoms with Gasteiger partial charge in [-0.25, -0.2) is 4.79 Å². The third-order valence-electron chi connectivity index (χ3n) is 5.71. The van der Waals surface area contributed by atoms with E-state index in [-0.39, 0.29) is 5.91 Å². The maximum Gasteiger partial charge on any atom is 0.490 e. The number of furan rings is 1. The molecule has 1 amide bonds. The molecule has 10 heteroatoms. The Morgan fingerprint density at radius 1 is 1.21 bits per heavy atom. The van der Waals surface area contributed by atoms with Gasteiger partial charge in [0, 0.05) is 51.4 Å². The summed E-state index contributed by atoms with van der Waals surface area (Å²) in [6.45, 7) is 7.16. The molecule has 1 N–H and O–H groups in total. The molecule has 4 rings (SSSR count). The summed E-state index contributed by atoms with van der Waals surface area (Å²) in [6, 6.07) is 1.76. The van der Waals surface area contributed by atoms with Crippen LogP contribution in [0.3, 0.4) is 0 Å². The summed E-state index contributed by atoms with van der Waals surface area (Å²) in [4.78, 5) is 25.8. The smallest absolute Gasteiger partial charge is 0.475 e. The van der Waals surface area contributed by atoms with Crippen LogP contribution in [0.25, 0.3) is 0 Å². The third-order valence-corrected chi connectivity index (χ3v) is 5.71. The van der Waals surface area contributed by atoms with Crippen LogP contribution >= 0.6 is 0 Å². The zero-order valence-corrected chi connectivity index (χ0v) is 16.0. The van der Waals surface area contributed by atoms with Crippen molar-refractivity contribution in [1.29, 1.82) is 0 Å². The highest BCUT2D eigenvalue weighted by Crippen LogP contribution is 2.40. The number of aliphatic carboxylic acids is 1. The topological polar surface area (TPSA) is 83.2 Å². The Bertz CT molecular complexity index is 695. The summed E-state index contributed by atoms with van der Waals surface area (Å²) in [5, 5.41) is 7.12. The van der Waals surface area contributed by atoms with Gasteiger partial charge in [-0.2, -0.15) is 13.2 Å². The Hall–Kier alpha value is -2.07. The molecule has 4 heterocycles. The van der Waals surface area contributed by atoms with Crippen molar-refractivity contribution in [3.05, 3.63) is 24.2 Å². The largest absolute Gasteiger partial charge is 0.490 e. The summed E-state index contributed by atoms with van der Waals surface area (Å²) in [5.41, 5.74) is 1.03. The lowest BCUT2D eigenvalue weighted by Gasteiger charge is -2.49. The number of alkyl halides is 3. The molecule has 7 nitrogen and oxygen atoms in total. The molecule has 0 unspecified atom stereocenters. The highest BCUT2D eigenvalue weighted by molar-refractivity contribution is 5.94. The van der Waals surface area contributed by atoms with Gasteiger partial charge < -0.3 is 24.1 Å². The fraction of sp³-hybridized carbons (Fsp3) is 0.684. The molecule has 29 heavy (non-hydrogen) atoms. The molecule has 3 aliphatic rings. The molecule has 1 aromatic heterocycles. The van der Waals surface area contributed by atoms with E-state index >= 15 is 0 Å². The molecule has 0 radical (unpaired) electrons. The highest BCUT2D eigenvalue weighted by Gasteiger charge is 2.48. The Kier molecular flexibility index (Phi) is 6.52. The molecular weight excluding hydrogens is 393 g/mol. The number of likely N-dealkylation sites (tertiary alicyclic amines) is 2. The Labute approximate surface area is 166 Å². The molecule has 3 saturated heterocycles. The predicted molar refractivity (Wildman–Crippen MR) is 95.3 cm³/mol. The lowest BCUT2D eigenvalue weighted by Crippen LogP contribution is -2.58. The van der Waals surface area contributed by atoms with Crippen LogP contribution < -0.4 is 0 Å². The van der Waals surface area contributed by atoms with E-state index < -0.39 is 12.1 Å². The Balaban J connectivity index is 0.000000298. The Morgan fingerprint density at radius 3 is 2.41 bits per heavy atom. The molecular formula is C19H25F3N2O5. The van der Waals surface area contributed by atoms with Gasteiger partial charge in [-0.1, -0.05) is 0 Å². The first kappa shape index (κ1) is 21.6. The molecule has 162 valence electrons. The third kappa shape index (κ3) is 5.51. The number of carbonyl (C=O) groups excluding carboxylic acids is 1. The van der Waals surface area contributed by atoms with Gasteiger partial charge in [0.2, 0.25) is 0 Å². The number of hydrogen-bond donors (Lipinski definition) is 1. The van der Waals surface area contributed by atoms with Crippen molar-refractivity contribution in [2.24, 2.45) is 11.3 Å². The van der Waals surface area contributed by atoms with Gasteiger partial charge in [-0.3, -0.25) is 4.79 Å². The summed E-state index contributed by atoms with van der Waals surface area (Å²) in [7, 11) is 0. The SMILES string of the molecule is O=C(O)C(F)(F)F.O=C(c1ccoc1)N1CCC2(CN(CC3CCOCC3)C2)C1. The molecule has 0 atom stereocenters. The predicted octanol–water partition coefficient (Wildman–Crippen LogP) is 2.49. The fourth-order valence-electron chi connectivity index (χ4n) is 4.26. The normalized spacial score (nSPS) is 22.1. The molecule has 3 fully saturated rings. The number of ether oxygens (including phenoxy) is 1. The van der Waals surface area contributed by atoms with Crippen LogP contribution in [0.15, 0.2) is 23.0 Å². The van der Waals surface area contributed by atoms with Crippen LogP contribution in [0, 0.1) is 11.3 Å². The van der Waals surface area contributed by atoms with Crippen LogP contribution in [0.2, 0.25) is 0 Å². The van der Waals surface area contributed by atoms with E-state index in [1.165, 1.54) is 19.4 Å². The van der Waals surface area contributed by atoms with E-state index in [1.54, 1.807) is 18.6 Å². The van der Waals surface area contributed by atoms with E-state index in [4.69, 9.17) is 19.1 Å². The first-order valence-electron chi connectivity index (χ1n) is 9.60. The number of carboxylic acids is 1. The van der Waals surface area contributed by atoms with Gasteiger partial charge in [-0.05, 0) is 31.2 Å². The molecule has 1 spiro atoms. The minimum atomic E-state index is -5.08. The summed E-state index contributed by atoms with van der Waals surface area (Å²) < 4.78 is 42.2. The van der Waals surface area contributed by atoms with Crippen LogP contribution in [0.5, 0.6) is 0 Å². The first-order chi connectivity index (χ1) is 13.7. The van der Waals surface area contributed by atoms with Crippen LogP contribution in [0.1, 0.15) is 29.6 Å². The van der Waals surface area contributed by atoms with E-state index in [0.29, 0.717) is 11.0 Å². The quantitative estimate of drug-likeness (QED) is 0.812. The van der Waals surface area contributed by atoms with Crippen LogP contribution in [-0.2, 0) is 9.53 Å². The number of amides is 1. The summed E-state index contributed by atoms with van der Waals surface area (Å²) >= 11 is 0. The van der Waals surface area contributed by atoms with E-state index in [0.717, 1.165) is 51.7 Å². The summed E-state index contributed by atoms with van der Waals surface area (Å²) in [5.74, 6) is -1.84. The second-order valence-corrected chi connectivity index (χ2v) is 8.02. The second kappa shape index (κ2) is 8.74. The van der Waals surface area contributed by atoms with E-state index in [2.05, 4.69) is 4.90 Å². The van der Waals surface area contributed by atoms with Crippen molar-refractivity contribution in [2.75, 3.05) is 45.9 Å². The number of nitrogens with zero attached hydrogens (tertiary/aromatic N) is 2. The molecule has 0 saturated carbocycles. The average Bonchev–Trinajstić information content (AvgIpc) is 3.32. The number of halogens is 3. The van der Waals surface area contributed by atoms with Crippen molar-refractivity contribution in [1.82, 2.24) is 9.80 Å². The Morgan fingerprint density at radius 2 is 1.86 bits per heavy atom. The maximum absolute atomic E-state index is 12.4. The maximum atomic E-state index is 12.4. The van der Waals surface area contributed by atoms with E-state index in [9.17, 15) is 18.0 Å². The molecule has 3 aliphatic heterocycles. The van der Waals surface area contributed by atoms with Crippen molar-refractivity contribution in [3.8, 4) is 0 Å². The molecule has 0 bridgehead atoms. The van der Waals surface area contributed by atoms with Gasteiger partial charge in [0.25, 0.3) is 5.91 Å².